The lowest BCUT2D eigenvalue weighted by molar-refractivity contribution is 0.319. The predicted molar refractivity (Wildman–Crippen MR) is 73.6 cm³/mol. The minimum absolute atomic E-state index is 0.530. The van der Waals surface area contributed by atoms with Gasteiger partial charge in [0.25, 0.3) is 0 Å². The molecule has 1 aromatic rings. The lowest BCUT2D eigenvalue weighted by Gasteiger charge is -2.21. The monoisotopic (exact) mass is 249 g/mol. The summed E-state index contributed by atoms with van der Waals surface area (Å²) < 4.78 is 10.6. The summed E-state index contributed by atoms with van der Waals surface area (Å²) in [5, 5.41) is 0. The molecule has 2 rings (SSSR count). The van der Waals surface area contributed by atoms with Crippen LogP contribution in [0.5, 0.6) is 11.5 Å². The maximum atomic E-state index is 5.36. The van der Waals surface area contributed by atoms with Gasteiger partial charge < -0.3 is 14.4 Å². The van der Waals surface area contributed by atoms with E-state index in [-0.39, 0.29) is 0 Å². The zero-order valence-electron chi connectivity index (χ0n) is 11.6. The van der Waals surface area contributed by atoms with E-state index in [0.29, 0.717) is 5.92 Å². The Bertz CT molecular complexity index is 386. The van der Waals surface area contributed by atoms with Crippen molar-refractivity contribution in [1.82, 2.24) is 4.90 Å². The predicted octanol–water partition coefficient (Wildman–Crippen LogP) is 2.90. The summed E-state index contributed by atoms with van der Waals surface area (Å²) in [5.41, 5.74) is 1.32. The molecule has 0 spiro atoms. The quantitative estimate of drug-likeness (QED) is 0.801. The normalized spacial score (nSPS) is 17.7. The van der Waals surface area contributed by atoms with Gasteiger partial charge in [0.1, 0.15) is 0 Å². The third kappa shape index (κ3) is 2.96. The van der Waals surface area contributed by atoms with Crippen molar-refractivity contribution in [3.05, 3.63) is 23.8 Å². The van der Waals surface area contributed by atoms with Crippen LogP contribution in [0.4, 0.5) is 0 Å². The van der Waals surface area contributed by atoms with Crippen LogP contribution in [-0.4, -0.2) is 38.8 Å². The minimum atomic E-state index is 0.530. The highest BCUT2D eigenvalue weighted by Crippen LogP contribution is 2.31. The highest BCUT2D eigenvalue weighted by atomic mass is 16.5. The van der Waals surface area contributed by atoms with Crippen LogP contribution in [0.15, 0.2) is 18.2 Å². The van der Waals surface area contributed by atoms with Crippen molar-refractivity contribution in [3.8, 4) is 11.5 Å². The SMILES string of the molecule is COc1ccc(C(C)CN2CCCC2)cc1OC. The molecule has 1 fully saturated rings. The lowest BCUT2D eigenvalue weighted by Crippen LogP contribution is -2.24. The van der Waals surface area contributed by atoms with Gasteiger partial charge in [-0.15, -0.1) is 0 Å². The van der Waals surface area contributed by atoms with Crippen molar-refractivity contribution in [3.63, 3.8) is 0 Å². The fraction of sp³-hybridized carbons (Fsp3) is 0.600. The van der Waals surface area contributed by atoms with Crippen molar-refractivity contribution in [2.75, 3.05) is 33.9 Å². The summed E-state index contributed by atoms with van der Waals surface area (Å²) in [5.74, 6) is 2.15. The number of ether oxygens (including phenoxy) is 2. The molecule has 1 heterocycles. The maximum absolute atomic E-state index is 5.36. The second kappa shape index (κ2) is 6.10. The summed E-state index contributed by atoms with van der Waals surface area (Å²) in [6.07, 6.45) is 2.69. The van der Waals surface area contributed by atoms with Crippen LogP contribution < -0.4 is 9.47 Å². The molecule has 0 radical (unpaired) electrons. The van der Waals surface area contributed by atoms with E-state index in [0.717, 1.165) is 18.0 Å². The molecule has 1 aromatic carbocycles. The molecule has 0 bridgehead atoms. The number of methoxy groups -OCH3 is 2. The molecule has 0 amide bonds. The van der Waals surface area contributed by atoms with Crippen molar-refractivity contribution in [2.24, 2.45) is 0 Å². The molecule has 3 nitrogen and oxygen atoms in total. The number of nitrogens with zero attached hydrogens (tertiary/aromatic N) is 1. The molecule has 1 atom stereocenters. The molecule has 18 heavy (non-hydrogen) atoms. The number of likely N-dealkylation sites (tertiary alicyclic amines) is 1. The minimum Gasteiger partial charge on any atom is -0.493 e. The average Bonchev–Trinajstić information content (AvgIpc) is 2.90. The molecular formula is C15H23NO2. The molecule has 0 saturated carbocycles. The Balaban J connectivity index is 2.06. The van der Waals surface area contributed by atoms with Gasteiger partial charge in [0.2, 0.25) is 0 Å². The Morgan fingerprint density at radius 1 is 1.11 bits per heavy atom. The first kappa shape index (κ1) is 13.2. The van der Waals surface area contributed by atoms with Crippen LogP contribution in [0, 0.1) is 0 Å². The Kier molecular flexibility index (Phi) is 4.48. The number of rotatable bonds is 5. The molecule has 1 saturated heterocycles. The molecule has 1 unspecified atom stereocenters. The highest BCUT2D eigenvalue weighted by Gasteiger charge is 2.16. The summed E-state index contributed by atoms with van der Waals surface area (Å²) in [6.45, 7) is 5.91. The van der Waals surface area contributed by atoms with Crippen LogP contribution in [-0.2, 0) is 0 Å². The van der Waals surface area contributed by atoms with Gasteiger partial charge in [0.05, 0.1) is 14.2 Å². The van der Waals surface area contributed by atoms with Gasteiger partial charge in [0, 0.05) is 6.54 Å². The highest BCUT2D eigenvalue weighted by molar-refractivity contribution is 5.43. The summed E-state index contributed by atoms with van der Waals surface area (Å²) in [4.78, 5) is 2.54. The van der Waals surface area contributed by atoms with Gasteiger partial charge in [-0.1, -0.05) is 13.0 Å². The number of hydrogen-bond acceptors (Lipinski definition) is 3. The van der Waals surface area contributed by atoms with E-state index in [1.165, 1.54) is 31.5 Å². The first-order valence-corrected chi connectivity index (χ1v) is 6.69. The van der Waals surface area contributed by atoms with Crippen molar-refractivity contribution in [2.45, 2.75) is 25.7 Å². The van der Waals surface area contributed by atoms with Crippen LogP contribution in [0.25, 0.3) is 0 Å². The van der Waals surface area contributed by atoms with E-state index < -0.39 is 0 Å². The third-order valence-corrected chi connectivity index (χ3v) is 3.71. The van der Waals surface area contributed by atoms with Crippen LogP contribution >= 0.6 is 0 Å². The second-order valence-corrected chi connectivity index (χ2v) is 5.02. The van der Waals surface area contributed by atoms with Gasteiger partial charge >= 0.3 is 0 Å². The second-order valence-electron chi connectivity index (χ2n) is 5.02. The molecule has 3 heteroatoms. The van der Waals surface area contributed by atoms with E-state index >= 15 is 0 Å². The van der Waals surface area contributed by atoms with E-state index in [9.17, 15) is 0 Å². The first-order valence-electron chi connectivity index (χ1n) is 6.69. The number of benzene rings is 1. The average molecular weight is 249 g/mol. The Labute approximate surface area is 110 Å². The van der Waals surface area contributed by atoms with Gasteiger partial charge in [-0.25, -0.2) is 0 Å². The van der Waals surface area contributed by atoms with Crippen LogP contribution in [0.2, 0.25) is 0 Å². The zero-order chi connectivity index (χ0) is 13.0. The van der Waals surface area contributed by atoms with Crippen molar-refractivity contribution < 1.29 is 9.47 Å². The largest absolute Gasteiger partial charge is 0.493 e. The topological polar surface area (TPSA) is 21.7 Å². The van der Waals surface area contributed by atoms with Gasteiger partial charge in [0.15, 0.2) is 11.5 Å². The fourth-order valence-corrected chi connectivity index (χ4v) is 2.62. The van der Waals surface area contributed by atoms with Crippen molar-refractivity contribution >= 4 is 0 Å². The molecule has 100 valence electrons. The molecule has 1 aliphatic heterocycles. The molecule has 0 aromatic heterocycles. The lowest BCUT2D eigenvalue weighted by atomic mass is 10.00. The Hall–Kier alpha value is -1.22. The maximum Gasteiger partial charge on any atom is 0.160 e. The van der Waals surface area contributed by atoms with Crippen LogP contribution in [0.1, 0.15) is 31.2 Å². The van der Waals surface area contributed by atoms with E-state index in [1.54, 1.807) is 14.2 Å². The Morgan fingerprint density at radius 3 is 2.39 bits per heavy atom. The molecule has 0 aliphatic carbocycles. The van der Waals surface area contributed by atoms with Crippen LogP contribution in [0.3, 0.4) is 0 Å². The molecule has 0 N–H and O–H groups in total. The first-order chi connectivity index (χ1) is 8.74. The summed E-state index contributed by atoms with van der Waals surface area (Å²) in [6, 6.07) is 6.23. The third-order valence-electron chi connectivity index (χ3n) is 3.71. The molecule has 1 aliphatic rings. The summed E-state index contributed by atoms with van der Waals surface area (Å²) in [7, 11) is 3.36. The number of hydrogen-bond donors (Lipinski definition) is 0. The van der Waals surface area contributed by atoms with E-state index in [2.05, 4.69) is 24.0 Å². The Morgan fingerprint density at radius 2 is 1.78 bits per heavy atom. The van der Waals surface area contributed by atoms with Gasteiger partial charge in [-0.05, 0) is 49.5 Å². The van der Waals surface area contributed by atoms with Gasteiger partial charge in [-0.2, -0.15) is 0 Å². The molecular weight excluding hydrogens is 226 g/mol. The zero-order valence-corrected chi connectivity index (χ0v) is 11.6. The van der Waals surface area contributed by atoms with E-state index in [1.807, 2.05) is 6.07 Å². The van der Waals surface area contributed by atoms with Crippen molar-refractivity contribution in [1.29, 1.82) is 0 Å². The standard InChI is InChI=1S/C15H23NO2/c1-12(11-16-8-4-5-9-16)13-6-7-14(17-2)15(10-13)18-3/h6-7,10,12H,4-5,8-9,11H2,1-3H3. The van der Waals surface area contributed by atoms with Gasteiger partial charge in [-0.3, -0.25) is 0 Å². The fourth-order valence-electron chi connectivity index (χ4n) is 2.62. The summed E-state index contributed by atoms with van der Waals surface area (Å²) >= 11 is 0. The smallest absolute Gasteiger partial charge is 0.160 e. The van der Waals surface area contributed by atoms with E-state index in [4.69, 9.17) is 9.47 Å².